The summed E-state index contributed by atoms with van der Waals surface area (Å²) in [5.74, 6) is 14.7. The van der Waals surface area contributed by atoms with Gasteiger partial charge < -0.3 is 14.9 Å². The molecule has 0 amide bonds. The lowest BCUT2D eigenvalue weighted by molar-refractivity contribution is -0.00738. The standard InChI is InChI=1S/C40H46O3/c1-5-17-37(41)21-23-39(19-7-3)31(27-37)11-9-29-25-33(13-15-35(29)39)43-34-14-16-36-30(26-34)10-12-32-28-38(42,18-6-2)22-24-40(32,36)20-8-4/h7-8,13-16,25-26,31-32,41-42H,3-4,9-12,19-24,27-28H2,1-2H3. The van der Waals surface area contributed by atoms with Crippen molar-refractivity contribution < 1.29 is 14.9 Å². The molecule has 6 unspecified atom stereocenters. The summed E-state index contributed by atoms with van der Waals surface area (Å²) in [5, 5.41) is 22.3. The molecule has 2 saturated carbocycles. The van der Waals surface area contributed by atoms with Crippen molar-refractivity contribution in [1.82, 2.24) is 0 Å². The Bertz CT molecular complexity index is 1430. The number of aliphatic hydroxyl groups is 2. The van der Waals surface area contributed by atoms with Gasteiger partial charge in [-0.25, -0.2) is 0 Å². The molecule has 0 aromatic heterocycles. The highest BCUT2D eigenvalue weighted by Crippen LogP contribution is 2.56. The van der Waals surface area contributed by atoms with Gasteiger partial charge >= 0.3 is 0 Å². The monoisotopic (exact) mass is 574 g/mol. The normalized spacial score (nSPS) is 34.0. The van der Waals surface area contributed by atoms with Crippen LogP contribution >= 0.6 is 0 Å². The van der Waals surface area contributed by atoms with E-state index < -0.39 is 11.2 Å². The average Bonchev–Trinajstić information content (AvgIpc) is 2.98. The predicted octanol–water partition coefficient (Wildman–Crippen LogP) is 8.11. The van der Waals surface area contributed by atoms with E-state index >= 15 is 0 Å². The van der Waals surface area contributed by atoms with Crippen LogP contribution in [-0.2, 0) is 23.7 Å². The van der Waals surface area contributed by atoms with Crippen LogP contribution in [0.3, 0.4) is 0 Å². The molecule has 2 N–H and O–H groups in total. The van der Waals surface area contributed by atoms with Crippen LogP contribution in [0.15, 0.2) is 61.7 Å². The predicted molar refractivity (Wildman–Crippen MR) is 174 cm³/mol. The Morgan fingerprint density at radius 1 is 0.744 bits per heavy atom. The molecule has 2 fully saturated rings. The zero-order valence-electron chi connectivity index (χ0n) is 26.0. The minimum atomic E-state index is -0.871. The molecule has 0 saturated heterocycles. The minimum Gasteiger partial charge on any atom is -0.457 e. The fraction of sp³-hybridized carbons (Fsp3) is 0.500. The van der Waals surface area contributed by atoms with Crippen molar-refractivity contribution >= 4 is 0 Å². The molecule has 2 aromatic rings. The van der Waals surface area contributed by atoms with Crippen molar-refractivity contribution in [2.45, 2.75) is 113 Å². The molecule has 0 heterocycles. The van der Waals surface area contributed by atoms with Crippen LogP contribution in [0.25, 0.3) is 0 Å². The van der Waals surface area contributed by atoms with Crippen LogP contribution in [0.5, 0.6) is 11.5 Å². The van der Waals surface area contributed by atoms with Gasteiger partial charge in [-0.05, 0) is 149 Å². The Morgan fingerprint density at radius 3 is 1.58 bits per heavy atom. The number of fused-ring (bicyclic) bond motifs is 6. The largest absolute Gasteiger partial charge is 0.457 e. The molecular formula is C40H46O3. The number of ether oxygens (including phenoxy) is 1. The molecule has 224 valence electrons. The molecule has 0 aliphatic heterocycles. The molecule has 4 aliphatic rings. The van der Waals surface area contributed by atoms with E-state index in [2.05, 4.69) is 85.4 Å². The number of allylic oxidation sites excluding steroid dienone is 2. The van der Waals surface area contributed by atoms with E-state index in [9.17, 15) is 10.2 Å². The van der Waals surface area contributed by atoms with Crippen LogP contribution in [0.4, 0.5) is 0 Å². The quantitative estimate of drug-likeness (QED) is 0.271. The SMILES string of the molecule is C=CCC12CCC(O)(C#CC)CC1CCc1cc(Oc3ccc4c(c3)CCC3CC(O)(C#CC)CCC43CC=C)ccc12. The van der Waals surface area contributed by atoms with Gasteiger partial charge in [0, 0.05) is 10.8 Å². The van der Waals surface area contributed by atoms with Gasteiger partial charge in [0.05, 0.1) is 0 Å². The second-order valence-electron chi connectivity index (χ2n) is 13.7. The molecule has 3 heteroatoms. The smallest absolute Gasteiger partial charge is 0.127 e. The highest BCUT2D eigenvalue weighted by molar-refractivity contribution is 5.48. The average molecular weight is 575 g/mol. The van der Waals surface area contributed by atoms with Crippen molar-refractivity contribution in [3.8, 4) is 35.2 Å². The second-order valence-corrected chi connectivity index (χ2v) is 13.7. The van der Waals surface area contributed by atoms with Crippen LogP contribution < -0.4 is 4.74 Å². The van der Waals surface area contributed by atoms with Crippen molar-refractivity contribution in [1.29, 1.82) is 0 Å². The third-order valence-electron chi connectivity index (χ3n) is 11.4. The third kappa shape index (κ3) is 5.16. The van der Waals surface area contributed by atoms with Gasteiger partial charge in [-0.2, -0.15) is 0 Å². The molecule has 43 heavy (non-hydrogen) atoms. The first-order valence-electron chi connectivity index (χ1n) is 16.2. The number of benzene rings is 2. The summed E-state index contributed by atoms with van der Waals surface area (Å²) in [4.78, 5) is 0. The van der Waals surface area contributed by atoms with Crippen molar-refractivity contribution in [2.24, 2.45) is 11.8 Å². The van der Waals surface area contributed by atoms with E-state index in [1.165, 1.54) is 22.3 Å². The maximum atomic E-state index is 11.1. The Hall–Kier alpha value is -3.24. The van der Waals surface area contributed by atoms with Gasteiger partial charge in [-0.3, -0.25) is 0 Å². The van der Waals surface area contributed by atoms with E-state index in [1.807, 2.05) is 13.8 Å². The molecule has 2 aromatic carbocycles. The summed E-state index contributed by atoms with van der Waals surface area (Å²) in [7, 11) is 0. The highest BCUT2D eigenvalue weighted by atomic mass is 16.5. The number of aryl methyl sites for hydroxylation is 2. The van der Waals surface area contributed by atoms with E-state index in [-0.39, 0.29) is 10.8 Å². The maximum absolute atomic E-state index is 11.1. The summed E-state index contributed by atoms with van der Waals surface area (Å²) in [6.07, 6.45) is 14.7. The highest BCUT2D eigenvalue weighted by Gasteiger charge is 2.52. The lowest BCUT2D eigenvalue weighted by atomic mass is 9.53. The van der Waals surface area contributed by atoms with Crippen LogP contribution in [-0.4, -0.2) is 21.4 Å². The maximum Gasteiger partial charge on any atom is 0.127 e. The first-order valence-corrected chi connectivity index (χ1v) is 16.2. The molecular weight excluding hydrogens is 528 g/mol. The van der Waals surface area contributed by atoms with E-state index in [4.69, 9.17) is 4.74 Å². The topological polar surface area (TPSA) is 49.7 Å². The van der Waals surface area contributed by atoms with Crippen molar-refractivity contribution in [3.63, 3.8) is 0 Å². The van der Waals surface area contributed by atoms with Gasteiger partial charge in [0.25, 0.3) is 0 Å². The molecule has 0 radical (unpaired) electrons. The molecule has 6 atom stereocenters. The molecule has 0 spiro atoms. The Labute approximate surface area is 258 Å². The Kier molecular flexibility index (Phi) is 7.87. The lowest BCUT2D eigenvalue weighted by Crippen LogP contribution is -2.49. The molecule has 6 rings (SSSR count). The Morgan fingerprint density at radius 2 is 1.19 bits per heavy atom. The van der Waals surface area contributed by atoms with E-state index in [1.54, 1.807) is 0 Å². The van der Waals surface area contributed by atoms with E-state index in [0.29, 0.717) is 24.7 Å². The summed E-state index contributed by atoms with van der Waals surface area (Å²) >= 11 is 0. The van der Waals surface area contributed by atoms with E-state index in [0.717, 1.165) is 75.7 Å². The summed E-state index contributed by atoms with van der Waals surface area (Å²) < 4.78 is 6.54. The van der Waals surface area contributed by atoms with Crippen molar-refractivity contribution in [2.75, 3.05) is 0 Å². The van der Waals surface area contributed by atoms with Crippen LogP contribution in [0.1, 0.15) is 100 Å². The Balaban J connectivity index is 1.26. The zero-order chi connectivity index (χ0) is 30.3. The summed E-state index contributed by atoms with van der Waals surface area (Å²) in [5.41, 5.74) is 3.79. The summed E-state index contributed by atoms with van der Waals surface area (Å²) in [6, 6.07) is 13.3. The van der Waals surface area contributed by atoms with Crippen LogP contribution in [0.2, 0.25) is 0 Å². The first-order chi connectivity index (χ1) is 20.7. The van der Waals surface area contributed by atoms with Gasteiger partial charge in [0.15, 0.2) is 0 Å². The third-order valence-corrected chi connectivity index (χ3v) is 11.4. The molecule has 3 nitrogen and oxygen atoms in total. The fourth-order valence-corrected chi connectivity index (χ4v) is 9.56. The number of rotatable bonds is 6. The number of hydrogen-bond acceptors (Lipinski definition) is 3. The number of hydrogen-bond donors (Lipinski definition) is 2. The van der Waals surface area contributed by atoms with Gasteiger partial charge in [0.1, 0.15) is 22.7 Å². The summed E-state index contributed by atoms with van der Waals surface area (Å²) in [6.45, 7) is 11.9. The zero-order valence-corrected chi connectivity index (χ0v) is 26.0. The minimum absolute atomic E-state index is 0.00616. The van der Waals surface area contributed by atoms with Crippen molar-refractivity contribution in [3.05, 3.63) is 84.0 Å². The van der Waals surface area contributed by atoms with Gasteiger partial charge in [0.2, 0.25) is 0 Å². The molecule has 4 aliphatic carbocycles. The van der Waals surface area contributed by atoms with Crippen LogP contribution in [0, 0.1) is 35.5 Å². The second kappa shape index (κ2) is 11.4. The van der Waals surface area contributed by atoms with Gasteiger partial charge in [-0.15, -0.1) is 25.0 Å². The lowest BCUT2D eigenvalue weighted by Gasteiger charge is -2.52. The fourth-order valence-electron chi connectivity index (χ4n) is 9.56. The first kappa shape index (κ1) is 29.8. The van der Waals surface area contributed by atoms with Gasteiger partial charge in [-0.1, -0.05) is 36.1 Å². The molecule has 0 bridgehead atoms.